The quantitative estimate of drug-likeness (QED) is 0.602. The maximum atomic E-state index is 12.9. The molecule has 7 heteroatoms. The average molecular weight is 449 g/mol. The summed E-state index contributed by atoms with van der Waals surface area (Å²) in [5.41, 5.74) is 4.41. The Hall–Kier alpha value is -3.79. The van der Waals surface area contributed by atoms with Crippen molar-refractivity contribution in [2.45, 2.75) is 44.7 Å². The molecular formula is C26H28N2O5. The Kier molecular flexibility index (Phi) is 7.73. The van der Waals surface area contributed by atoms with Crippen molar-refractivity contribution in [2.24, 2.45) is 0 Å². The number of amides is 2. The first-order valence-corrected chi connectivity index (χ1v) is 10.9. The SMILES string of the molecule is CC#CCC(NC(=O)OCC1c2ccccc2-c2ccccc21)C(=O)N(C)C(CC)C(=O)O. The summed E-state index contributed by atoms with van der Waals surface area (Å²) in [6, 6.07) is 14.0. The van der Waals surface area contributed by atoms with Gasteiger partial charge in [-0.2, -0.15) is 0 Å². The van der Waals surface area contributed by atoms with Crippen LogP contribution in [0.1, 0.15) is 43.7 Å². The van der Waals surface area contributed by atoms with Crippen LogP contribution in [-0.4, -0.2) is 53.7 Å². The zero-order valence-corrected chi connectivity index (χ0v) is 19.0. The lowest BCUT2D eigenvalue weighted by Gasteiger charge is -2.27. The zero-order chi connectivity index (χ0) is 24.0. The summed E-state index contributed by atoms with van der Waals surface area (Å²) < 4.78 is 5.53. The number of carboxylic acids is 1. The summed E-state index contributed by atoms with van der Waals surface area (Å²) in [4.78, 5) is 38.1. The average Bonchev–Trinajstić information content (AvgIpc) is 3.13. The minimum Gasteiger partial charge on any atom is -0.480 e. The molecule has 0 fully saturated rings. The number of carbonyl (C=O) groups is 3. The van der Waals surface area contributed by atoms with Gasteiger partial charge in [-0.05, 0) is 35.6 Å². The molecule has 2 amide bonds. The van der Waals surface area contributed by atoms with E-state index in [9.17, 15) is 19.5 Å². The highest BCUT2D eigenvalue weighted by Crippen LogP contribution is 2.44. The molecule has 3 rings (SSSR count). The minimum atomic E-state index is -1.10. The maximum absolute atomic E-state index is 12.9. The molecule has 1 aliphatic rings. The number of benzene rings is 2. The van der Waals surface area contributed by atoms with Crippen LogP contribution >= 0.6 is 0 Å². The topological polar surface area (TPSA) is 95.9 Å². The molecule has 1 aliphatic carbocycles. The number of rotatable bonds is 8. The number of carbonyl (C=O) groups excluding carboxylic acids is 2. The van der Waals surface area contributed by atoms with Crippen LogP contribution in [0.5, 0.6) is 0 Å². The van der Waals surface area contributed by atoms with Crippen molar-refractivity contribution in [1.82, 2.24) is 10.2 Å². The fraction of sp³-hybridized carbons (Fsp3) is 0.346. The van der Waals surface area contributed by atoms with Gasteiger partial charge in [0.1, 0.15) is 18.7 Å². The summed E-state index contributed by atoms with van der Waals surface area (Å²) in [6.45, 7) is 3.43. The van der Waals surface area contributed by atoms with Crippen LogP contribution in [0.25, 0.3) is 11.1 Å². The Morgan fingerprint density at radius 2 is 1.67 bits per heavy atom. The number of ether oxygens (including phenoxy) is 1. The van der Waals surface area contributed by atoms with Crippen molar-refractivity contribution in [3.8, 4) is 23.0 Å². The molecule has 7 nitrogen and oxygen atoms in total. The molecule has 0 heterocycles. The lowest BCUT2D eigenvalue weighted by molar-refractivity contribution is -0.149. The molecular weight excluding hydrogens is 420 g/mol. The van der Waals surface area contributed by atoms with Crippen molar-refractivity contribution in [2.75, 3.05) is 13.7 Å². The zero-order valence-electron chi connectivity index (χ0n) is 19.0. The lowest BCUT2D eigenvalue weighted by atomic mass is 9.98. The summed E-state index contributed by atoms with van der Waals surface area (Å²) in [7, 11) is 1.41. The van der Waals surface area contributed by atoms with Crippen LogP contribution in [0, 0.1) is 11.8 Å². The second-order valence-electron chi connectivity index (χ2n) is 7.86. The van der Waals surface area contributed by atoms with Gasteiger partial charge in [0.15, 0.2) is 0 Å². The second kappa shape index (κ2) is 10.7. The van der Waals surface area contributed by atoms with E-state index in [1.807, 2.05) is 36.4 Å². The fourth-order valence-corrected chi connectivity index (χ4v) is 4.20. The van der Waals surface area contributed by atoms with Gasteiger partial charge in [-0.1, -0.05) is 55.5 Å². The molecule has 2 atom stereocenters. The van der Waals surface area contributed by atoms with Gasteiger partial charge in [-0.25, -0.2) is 9.59 Å². The van der Waals surface area contributed by atoms with Gasteiger partial charge < -0.3 is 20.1 Å². The third-order valence-corrected chi connectivity index (χ3v) is 5.90. The number of hydrogen-bond donors (Lipinski definition) is 2. The van der Waals surface area contributed by atoms with E-state index < -0.39 is 30.1 Å². The number of nitrogens with one attached hydrogen (secondary N) is 1. The third-order valence-electron chi connectivity index (χ3n) is 5.90. The first kappa shape index (κ1) is 23.9. The minimum absolute atomic E-state index is 0.0555. The van der Waals surface area contributed by atoms with Crippen LogP contribution in [0.15, 0.2) is 48.5 Å². The maximum Gasteiger partial charge on any atom is 0.407 e. The molecule has 0 saturated carbocycles. The molecule has 0 radical (unpaired) electrons. The smallest absolute Gasteiger partial charge is 0.407 e. The van der Waals surface area contributed by atoms with E-state index in [1.54, 1.807) is 13.8 Å². The molecule has 33 heavy (non-hydrogen) atoms. The van der Waals surface area contributed by atoms with Crippen molar-refractivity contribution in [3.05, 3.63) is 59.7 Å². The molecule has 0 aliphatic heterocycles. The fourth-order valence-electron chi connectivity index (χ4n) is 4.20. The van der Waals surface area contributed by atoms with Crippen molar-refractivity contribution in [1.29, 1.82) is 0 Å². The number of hydrogen-bond acceptors (Lipinski definition) is 4. The summed E-state index contributed by atoms with van der Waals surface area (Å²) in [5, 5.41) is 11.9. The first-order chi connectivity index (χ1) is 15.9. The normalized spacial score (nSPS) is 13.5. The summed E-state index contributed by atoms with van der Waals surface area (Å²) in [5.74, 6) is 3.75. The predicted octanol–water partition coefficient (Wildman–Crippen LogP) is 3.63. The van der Waals surface area contributed by atoms with Gasteiger partial charge in [0.25, 0.3) is 0 Å². The summed E-state index contributed by atoms with van der Waals surface area (Å²) in [6.07, 6.45) is -0.445. The van der Waals surface area contributed by atoms with Crippen LogP contribution in [0.3, 0.4) is 0 Å². The number of carboxylic acid groups (broad SMARTS) is 1. The molecule has 0 aromatic heterocycles. The van der Waals surface area contributed by atoms with Crippen molar-refractivity contribution >= 4 is 18.0 Å². The third kappa shape index (κ3) is 5.17. The second-order valence-corrected chi connectivity index (χ2v) is 7.86. The van der Waals surface area contributed by atoms with E-state index in [2.05, 4.69) is 29.3 Å². The standard InChI is InChI=1S/C26H28N2O5/c1-4-6-15-22(24(29)28(3)23(5-2)25(30)31)27-26(32)33-16-21-19-13-9-7-11-17(19)18-12-8-10-14-20(18)21/h7-14,21-23H,5,15-16H2,1-3H3,(H,27,32)(H,30,31). The van der Waals surface area contributed by atoms with E-state index in [0.717, 1.165) is 27.2 Å². The predicted molar refractivity (Wildman–Crippen MR) is 125 cm³/mol. The van der Waals surface area contributed by atoms with Gasteiger partial charge in [-0.3, -0.25) is 4.79 Å². The Morgan fingerprint density at radius 3 is 2.18 bits per heavy atom. The van der Waals surface area contributed by atoms with E-state index in [1.165, 1.54) is 7.05 Å². The highest BCUT2D eigenvalue weighted by atomic mass is 16.5. The van der Waals surface area contributed by atoms with Crippen molar-refractivity contribution < 1.29 is 24.2 Å². The van der Waals surface area contributed by atoms with E-state index in [4.69, 9.17) is 4.74 Å². The van der Waals surface area contributed by atoms with Gasteiger partial charge in [0, 0.05) is 19.4 Å². The van der Waals surface area contributed by atoms with E-state index >= 15 is 0 Å². The summed E-state index contributed by atoms with van der Waals surface area (Å²) >= 11 is 0. The number of fused-ring (bicyclic) bond motifs is 3. The monoisotopic (exact) mass is 448 g/mol. The molecule has 0 spiro atoms. The molecule has 2 aromatic carbocycles. The molecule has 0 bridgehead atoms. The number of aliphatic carboxylic acids is 1. The van der Waals surface area contributed by atoms with E-state index in [-0.39, 0.29) is 25.4 Å². The van der Waals surface area contributed by atoms with Crippen LogP contribution in [-0.2, 0) is 14.3 Å². The first-order valence-electron chi connectivity index (χ1n) is 10.9. The largest absolute Gasteiger partial charge is 0.480 e. The van der Waals surface area contributed by atoms with Gasteiger partial charge in [0.05, 0.1) is 0 Å². The number of likely N-dealkylation sites (N-methyl/N-ethyl adjacent to an activating group) is 1. The van der Waals surface area contributed by atoms with E-state index in [0.29, 0.717) is 0 Å². The lowest BCUT2D eigenvalue weighted by Crippen LogP contribution is -2.52. The Bertz CT molecular complexity index is 1060. The molecule has 2 unspecified atom stereocenters. The Labute approximate surface area is 193 Å². The van der Waals surface area contributed by atoms with Crippen LogP contribution in [0.2, 0.25) is 0 Å². The number of nitrogens with zero attached hydrogens (tertiary/aromatic N) is 1. The highest BCUT2D eigenvalue weighted by molar-refractivity contribution is 5.89. The van der Waals surface area contributed by atoms with Crippen LogP contribution < -0.4 is 5.32 Å². The molecule has 0 saturated heterocycles. The Morgan fingerprint density at radius 1 is 1.09 bits per heavy atom. The highest BCUT2D eigenvalue weighted by Gasteiger charge is 2.32. The molecule has 172 valence electrons. The van der Waals surface area contributed by atoms with Gasteiger partial charge >= 0.3 is 12.1 Å². The molecule has 2 N–H and O–H groups in total. The molecule has 2 aromatic rings. The van der Waals surface area contributed by atoms with Gasteiger partial charge in [0.2, 0.25) is 5.91 Å². The Balaban J connectivity index is 1.70. The van der Waals surface area contributed by atoms with Gasteiger partial charge in [-0.15, -0.1) is 11.8 Å². The van der Waals surface area contributed by atoms with Crippen LogP contribution in [0.4, 0.5) is 4.79 Å². The number of alkyl carbamates (subject to hydrolysis) is 1. The van der Waals surface area contributed by atoms with Crippen molar-refractivity contribution in [3.63, 3.8) is 0 Å².